The standard InChI is InChI=1S/C29H22N2O5S/c1-2-23(26(32)30-19-11-5-10-18(16-19)28(33)34)36-29(35)21-13-7-9-17-8-6-12-20(25(17)21)27-31-22-14-3-4-15-24(22)37-27/h3-16,23H,2H2,1H3,(H,30,32)(H,33,34). The lowest BCUT2D eigenvalue weighted by Gasteiger charge is -2.17. The van der Waals surface area contributed by atoms with Crippen LogP contribution in [0, 0.1) is 0 Å². The van der Waals surface area contributed by atoms with Gasteiger partial charge in [-0.15, -0.1) is 11.3 Å². The number of esters is 1. The summed E-state index contributed by atoms with van der Waals surface area (Å²) in [6, 6.07) is 24.9. The summed E-state index contributed by atoms with van der Waals surface area (Å²) in [5, 5.41) is 14.2. The molecule has 37 heavy (non-hydrogen) atoms. The van der Waals surface area contributed by atoms with Gasteiger partial charge in [-0.3, -0.25) is 4.79 Å². The van der Waals surface area contributed by atoms with Gasteiger partial charge in [-0.2, -0.15) is 0 Å². The minimum absolute atomic E-state index is 0.0426. The molecule has 8 heteroatoms. The van der Waals surface area contributed by atoms with E-state index in [4.69, 9.17) is 9.72 Å². The number of rotatable bonds is 7. The number of carbonyl (C=O) groups is 3. The zero-order valence-corrected chi connectivity index (χ0v) is 20.6. The molecular weight excluding hydrogens is 488 g/mol. The van der Waals surface area contributed by atoms with E-state index in [0.29, 0.717) is 16.6 Å². The summed E-state index contributed by atoms with van der Waals surface area (Å²) in [6.07, 6.45) is -0.822. The largest absolute Gasteiger partial charge is 0.478 e. The van der Waals surface area contributed by atoms with Crippen LogP contribution in [-0.4, -0.2) is 34.0 Å². The summed E-state index contributed by atoms with van der Waals surface area (Å²) >= 11 is 1.54. The Balaban J connectivity index is 1.45. The van der Waals surface area contributed by atoms with Gasteiger partial charge in [0.05, 0.1) is 21.3 Å². The van der Waals surface area contributed by atoms with Gasteiger partial charge >= 0.3 is 11.9 Å². The fraction of sp³-hybridized carbons (Fsp3) is 0.103. The van der Waals surface area contributed by atoms with Crippen molar-refractivity contribution in [2.45, 2.75) is 19.4 Å². The van der Waals surface area contributed by atoms with E-state index in [1.807, 2.05) is 48.5 Å². The van der Waals surface area contributed by atoms with Gasteiger partial charge in [-0.25, -0.2) is 14.6 Å². The number of thiazole rings is 1. The van der Waals surface area contributed by atoms with Gasteiger partial charge in [0.2, 0.25) is 0 Å². The van der Waals surface area contributed by atoms with Crippen molar-refractivity contribution in [3.05, 3.63) is 96.1 Å². The Morgan fingerprint density at radius 3 is 2.49 bits per heavy atom. The van der Waals surface area contributed by atoms with Gasteiger partial charge in [-0.05, 0) is 48.2 Å². The molecule has 2 N–H and O–H groups in total. The van der Waals surface area contributed by atoms with Gasteiger partial charge in [0.15, 0.2) is 6.10 Å². The van der Waals surface area contributed by atoms with Crippen molar-refractivity contribution >= 4 is 55.9 Å². The predicted octanol–water partition coefficient (Wildman–Crippen LogP) is 6.39. The minimum Gasteiger partial charge on any atom is -0.478 e. The lowest BCUT2D eigenvalue weighted by atomic mass is 9.99. The van der Waals surface area contributed by atoms with E-state index in [0.717, 1.165) is 26.2 Å². The van der Waals surface area contributed by atoms with E-state index < -0.39 is 23.9 Å². The lowest BCUT2D eigenvalue weighted by Crippen LogP contribution is -2.32. The molecule has 0 spiro atoms. The monoisotopic (exact) mass is 510 g/mol. The second-order valence-electron chi connectivity index (χ2n) is 8.37. The molecule has 1 amide bonds. The lowest BCUT2D eigenvalue weighted by molar-refractivity contribution is -0.124. The SMILES string of the molecule is CCC(OC(=O)c1cccc2cccc(-c3nc4ccccc4s3)c12)C(=O)Nc1cccc(C(=O)O)c1. The van der Waals surface area contributed by atoms with Crippen molar-refractivity contribution in [1.82, 2.24) is 4.98 Å². The molecule has 0 aliphatic heterocycles. The number of hydrogen-bond acceptors (Lipinski definition) is 6. The molecule has 1 atom stereocenters. The smallest absolute Gasteiger partial charge is 0.339 e. The third-order valence-electron chi connectivity index (χ3n) is 5.94. The average Bonchev–Trinajstić information content (AvgIpc) is 3.35. The molecule has 4 aromatic carbocycles. The number of amides is 1. The number of nitrogens with one attached hydrogen (secondary N) is 1. The summed E-state index contributed by atoms with van der Waals surface area (Å²) in [5.74, 6) is -2.26. The number of hydrogen-bond donors (Lipinski definition) is 2. The molecule has 0 radical (unpaired) electrons. The van der Waals surface area contributed by atoms with Crippen molar-refractivity contribution < 1.29 is 24.2 Å². The van der Waals surface area contributed by atoms with E-state index in [1.165, 1.54) is 18.2 Å². The first-order valence-corrected chi connectivity index (χ1v) is 12.5. The van der Waals surface area contributed by atoms with E-state index in [1.54, 1.807) is 36.5 Å². The van der Waals surface area contributed by atoms with E-state index >= 15 is 0 Å². The third-order valence-corrected chi connectivity index (χ3v) is 7.01. The molecule has 0 saturated carbocycles. The highest BCUT2D eigenvalue weighted by atomic mass is 32.1. The van der Waals surface area contributed by atoms with Crippen LogP contribution in [-0.2, 0) is 9.53 Å². The van der Waals surface area contributed by atoms with Crippen molar-refractivity contribution in [2.24, 2.45) is 0 Å². The van der Waals surface area contributed by atoms with Crippen LogP contribution >= 0.6 is 11.3 Å². The second-order valence-corrected chi connectivity index (χ2v) is 9.40. The van der Waals surface area contributed by atoms with Crippen molar-refractivity contribution in [2.75, 3.05) is 5.32 Å². The van der Waals surface area contributed by atoms with Crippen LogP contribution in [0.4, 0.5) is 5.69 Å². The molecule has 0 bridgehead atoms. The summed E-state index contributed by atoms with van der Waals surface area (Å²) in [4.78, 5) is 42.3. The average molecular weight is 511 g/mol. The third kappa shape index (κ3) is 4.92. The number of fused-ring (bicyclic) bond motifs is 2. The molecule has 0 saturated heterocycles. The highest BCUT2D eigenvalue weighted by molar-refractivity contribution is 7.21. The Morgan fingerprint density at radius 2 is 1.73 bits per heavy atom. The Morgan fingerprint density at radius 1 is 0.973 bits per heavy atom. The number of nitrogens with zero attached hydrogens (tertiary/aromatic N) is 1. The number of carboxylic acid groups (broad SMARTS) is 1. The summed E-state index contributed by atoms with van der Waals surface area (Å²) in [5.41, 5.74) is 2.39. The molecule has 0 aliphatic rings. The highest BCUT2D eigenvalue weighted by Gasteiger charge is 2.24. The van der Waals surface area contributed by atoms with Gasteiger partial charge in [0.25, 0.3) is 5.91 Å². The maximum atomic E-state index is 13.4. The van der Waals surface area contributed by atoms with Crippen molar-refractivity contribution in [1.29, 1.82) is 0 Å². The minimum atomic E-state index is -1.10. The summed E-state index contributed by atoms with van der Waals surface area (Å²) in [7, 11) is 0. The Bertz CT molecular complexity index is 1620. The Kier molecular flexibility index (Phi) is 6.66. The second kappa shape index (κ2) is 10.2. The van der Waals surface area contributed by atoms with Crippen molar-refractivity contribution in [3.8, 4) is 10.6 Å². The molecule has 1 aromatic heterocycles. The van der Waals surface area contributed by atoms with E-state index in [-0.39, 0.29) is 12.0 Å². The number of carboxylic acids is 1. The normalized spacial score (nSPS) is 11.8. The number of anilines is 1. The molecule has 184 valence electrons. The fourth-order valence-electron chi connectivity index (χ4n) is 4.14. The van der Waals surface area contributed by atoms with Gasteiger partial charge in [-0.1, -0.05) is 55.5 Å². The molecule has 1 unspecified atom stereocenters. The molecular formula is C29H22N2O5S. The maximum Gasteiger partial charge on any atom is 0.339 e. The fourth-order valence-corrected chi connectivity index (χ4v) is 5.14. The first-order valence-electron chi connectivity index (χ1n) is 11.7. The number of aromatic carboxylic acids is 1. The van der Waals surface area contributed by atoms with E-state index in [2.05, 4.69) is 5.32 Å². The van der Waals surface area contributed by atoms with Gasteiger partial charge < -0.3 is 15.2 Å². The van der Waals surface area contributed by atoms with Crippen LogP contribution in [0.2, 0.25) is 0 Å². The number of ether oxygens (including phenoxy) is 1. The van der Waals surface area contributed by atoms with Crippen LogP contribution in [0.15, 0.2) is 84.9 Å². The predicted molar refractivity (Wildman–Crippen MR) is 144 cm³/mol. The van der Waals surface area contributed by atoms with Gasteiger partial charge in [0, 0.05) is 16.6 Å². The number of para-hydroxylation sites is 1. The van der Waals surface area contributed by atoms with Crippen LogP contribution in [0.25, 0.3) is 31.6 Å². The molecule has 7 nitrogen and oxygen atoms in total. The number of aromatic nitrogens is 1. The van der Waals surface area contributed by atoms with Crippen LogP contribution in [0.1, 0.15) is 34.1 Å². The van der Waals surface area contributed by atoms with Crippen molar-refractivity contribution in [3.63, 3.8) is 0 Å². The van der Waals surface area contributed by atoms with Crippen LogP contribution < -0.4 is 5.32 Å². The molecule has 5 rings (SSSR count). The summed E-state index contributed by atoms with van der Waals surface area (Å²) in [6.45, 7) is 1.74. The highest BCUT2D eigenvalue weighted by Crippen LogP contribution is 2.36. The number of benzene rings is 4. The zero-order chi connectivity index (χ0) is 25.9. The topological polar surface area (TPSA) is 106 Å². The summed E-state index contributed by atoms with van der Waals surface area (Å²) < 4.78 is 6.72. The van der Waals surface area contributed by atoms with E-state index in [9.17, 15) is 19.5 Å². The Hall–Kier alpha value is -4.56. The first-order chi connectivity index (χ1) is 17.9. The van der Waals surface area contributed by atoms with Crippen LogP contribution in [0.3, 0.4) is 0 Å². The molecule has 1 heterocycles. The number of carbonyl (C=O) groups excluding carboxylic acids is 2. The van der Waals surface area contributed by atoms with Gasteiger partial charge in [0.1, 0.15) is 5.01 Å². The quantitative estimate of drug-likeness (QED) is 0.246. The molecule has 0 fully saturated rings. The molecule has 0 aliphatic carbocycles. The zero-order valence-electron chi connectivity index (χ0n) is 19.8. The maximum absolute atomic E-state index is 13.4. The first kappa shape index (κ1) is 24.1. The molecule has 5 aromatic rings. The Labute approximate surface area is 216 Å². The van der Waals surface area contributed by atoms with Crippen LogP contribution in [0.5, 0.6) is 0 Å².